The third-order valence-corrected chi connectivity index (χ3v) is 3.98. The van der Waals surface area contributed by atoms with Gasteiger partial charge in [-0.1, -0.05) is 0 Å². The van der Waals surface area contributed by atoms with Crippen molar-refractivity contribution in [3.63, 3.8) is 0 Å². The maximum absolute atomic E-state index is 12.8. The summed E-state index contributed by atoms with van der Waals surface area (Å²) in [4.78, 5) is 40.7. The van der Waals surface area contributed by atoms with Crippen molar-refractivity contribution in [1.82, 2.24) is 14.8 Å². The standard InChI is InChI=1S/C17H18N4O7/c1-10(22)28-15(17(24)25)14-16(23)20(7-8-27-14)12-4-6-21(19-12)11-3-5-18-13(9-11)26-2/h3-6,9,14-15H,7-8H2,1-2H3,(H,24,25). The molecule has 0 aliphatic carbocycles. The topological polar surface area (TPSA) is 133 Å². The van der Waals surface area contributed by atoms with Crippen LogP contribution in [0.4, 0.5) is 5.82 Å². The summed E-state index contributed by atoms with van der Waals surface area (Å²) in [6.07, 6.45) is 0.00518. The zero-order valence-electron chi connectivity index (χ0n) is 15.1. The number of morpholine rings is 1. The van der Waals surface area contributed by atoms with Crippen molar-refractivity contribution < 1.29 is 33.7 Å². The molecule has 1 saturated heterocycles. The number of carboxylic acid groups (broad SMARTS) is 1. The van der Waals surface area contributed by atoms with E-state index in [4.69, 9.17) is 14.2 Å². The van der Waals surface area contributed by atoms with Crippen molar-refractivity contribution in [1.29, 1.82) is 0 Å². The Balaban J connectivity index is 1.83. The Morgan fingerprint density at radius 1 is 1.39 bits per heavy atom. The molecule has 0 spiro atoms. The minimum Gasteiger partial charge on any atom is -0.481 e. The third-order valence-electron chi connectivity index (χ3n) is 3.98. The molecule has 0 saturated carbocycles. The zero-order chi connectivity index (χ0) is 20.3. The van der Waals surface area contributed by atoms with Crippen molar-refractivity contribution in [2.75, 3.05) is 25.2 Å². The number of aromatic nitrogens is 3. The number of nitrogens with zero attached hydrogens (tertiary/aromatic N) is 4. The van der Waals surface area contributed by atoms with Crippen LogP contribution in [0, 0.1) is 0 Å². The summed E-state index contributed by atoms with van der Waals surface area (Å²) < 4.78 is 16.6. The van der Waals surface area contributed by atoms with Gasteiger partial charge in [-0.05, 0) is 6.07 Å². The van der Waals surface area contributed by atoms with Crippen molar-refractivity contribution in [2.45, 2.75) is 19.1 Å². The molecule has 148 valence electrons. The van der Waals surface area contributed by atoms with Crippen LogP contribution >= 0.6 is 0 Å². The monoisotopic (exact) mass is 390 g/mol. The van der Waals surface area contributed by atoms with Gasteiger partial charge in [0.1, 0.15) is 0 Å². The SMILES string of the molecule is COc1cc(-n2ccc(N3CCOC(C(OC(C)=O)C(=O)O)C3=O)n2)ccn1. The molecular formula is C17H18N4O7. The molecule has 2 aromatic rings. The number of methoxy groups -OCH3 is 1. The molecular weight excluding hydrogens is 372 g/mol. The van der Waals surface area contributed by atoms with E-state index in [1.807, 2.05) is 0 Å². The quantitative estimate of drug-likeness (QED) is 0.678. The zero-order valence-corrected chi connectivity index (χ0v) is 15.1. The van der Waals surface area contributed by atoms with E-state index < -0.39 is 30.1 Å². The molecule has 0 bridgehead atoms. The summed E-state index contributed by atoms with van der Waals surface area (Å²) in [5.41, 5.74) is 0.665. The molecule has 1 amide bonds. The van der Waals surface area contributed by atoms with Gasteiger partial charge < -0.3 is 19.3 Å². The summed E-state index contributed by atoms with van der Waals surface area (Å²) in [5, 5.41) is 13.6. The Hall–Kier alpha value is -3.47. The number of rotatable bonds is 6. The van der Waals surface area contributed by atoms with Gasteiger partial charge in [-0.2, -0.15) is 0 Å². The second kappa shape index (κ2) is 8.05. The number of ether oxygens (including phenoxy) is 3. The molecule has 1 aliphatic rings. The fraction of sp³-hybridized carbons (Fsp3) is 0.353. The predicted octanol–water partition coefficient (Wildman–Crippen LogP) is 0.0240. The predicted molar refractivity (Wildman–Crippen MR) is 93.2 cm³/mol. The molecule has 11 heteroatoms. The lowest BCUT2D eigenvalue weighted by Crippen LogP contribution is -2.55. The lowest BCUT2D eigenvalue weighted by Gasteiger charge is -2.33. The van der Waals surface area contributed by atoms with E-state index >= 15 is 0 Å². The van der Waals surface area contributed by atoms with Crippen molar-refractivity contribution in [3.05, 3.63) is 30.6 Å². The van der Waals surface area contributed by atoms with Gasteiger partial charge in [0.2, 0.25) is 12.0 Å². The molecule has 2 atom stereocenters. The number of hydrogen-bond acceptors (Lipinski definition) is 8. The lowest BCUT2D eigenvalue weighted by molar-refractivity contribution is -0.177. The average molecular weight is 390 g/mol. The largest absolute Gasteiger partial charge is 0.481 e. The lowest BCUT2D eigenvalue weighted by atomic mass is 10.1. The van der Waals surface area contributed by atoms with Crippen molar-refractivity contribution in [3.8, 4) is 11.6 Å². The van der Waals surface area contributed by atoms with Gasteiger partial charge in [0.15, 0.2) is 11.9 Å². The highest BCUT2D eigenvalue weighted by Gasteiger charge is 2.43. The van der Waals surface area contributed by atoms with Crippen molar-refractivity contribution >= 4 is 23.7 Å². The van der Waals surface area contributed by atoms with Gasteiger partial charge in [0, 0.05) is 31.5 Å². The highest BCUT2D eigenvalue weighted by molar-refractivity contribution is 5.99. The summed E-state index contributed by atoms with van der Waals surface area (Å²) in [7, 11) is 1.50. The van der Waals surface area contributed by atoms with Gasteiger partial charge >= 0.3 is 11.9 Å². The number of aliphatic carboxylic acids is 1. The first-order valence-corrected chi connectivity index (χ1v) is 8.30. The fourth-order valence-corrected chi connectivity index (χ4v) is 2.73. The Labute approximate surface area is 159 Å². The van der Waals surface area contributed by atoms with E-state index in [-0.39, 0.29) is 13.2 Å². The second-order valence-electron chi connectivity index (χ2n) is 5.82. The Morgan fingerprint density at radius 3 is 2.86 bits per heavy atom. The first-order valence-electron chi connectivity index (χ1n) is 8.30. The molecule has 1 N–H and O–H groups in total. The van der Waals surface area contributed by atoms with Crippen molar-refractivity contribution in [2.24, 2.45) is 0 Å². The van der Waals surface area contributed by atoms with Crippen LogP contribution in [-0.4, -0.2) is 70.2 Å². The Morgan fingerprint density at radius 2 is 2.18 bits per heavy atom. The first kappa shape index (κ1) is 19.3. The maximum Gasteiger partial charge on any atom is 0.348 e. The van der Waals surface area contributed by atoms with Crippen LogP contribution in [0.15, 0.2) is 30.6 Å². The smallest absolute Gasteiger partial charge is 0.348 e. The third kappa shape index (κ3) is 3.93. The fourth-order valence-electron chi connectivity index (χ4n) is 2.73. The average Bonchev–Trinajstić information content (AvgIpc) is 3.16. The van der Waals surface area contributed by atoms with E-state index in [1.54, 1.807) is 30.6 Å². The molecule has 2 unspecified atom stereocenters. The number of carboxylic acids is 1. The number of hydrogen-bond donors (Lipinski definition) is 1. The maximum atomic E-state index is 12.8. The summed E-state index contributed by atoms with van der Waals surface area (Å²) in [6, 6.07) is 4.99. The van der Waals surface area contributed by atoms with Crippen LogP contribution in [0.1, 0.15) is 6.92 Å². The summed E-state index contributed by atoms with van der Waals surface area (Å²) in [5.74, 6) is -2.23. The van der Waals surface area contributed by atoms with Gasteiger partial charge in [-0.25, -0.2) is 14.5 Å². The van der Waals surface area contributed by atoms with E-state index in [1.165, 1.54) is 16.7 Å². The van der Waals surface area contributed by atoms with Crippen LogP contribution in [0.5, 0.6) is 5.88 Å². The van der Waals surface area contributed by atoms with E-state index in [2.05, 4.69) is 10.1 Å². The van der Waals surface area contributed by atoms with E-state index in [9.17, 15) is 19.5 Å². The summed E-state index contributed by atoms with van der Waals surface area (Å²) >= 11 is 0. The molecule has 11 nitrogen and oxygen atoms in total. The molecule has 3 heterocycles. The second-order valence-corrected chi connectivity index (χ2v) is 5.82. The van der Waals surface area contributed by atoms with E-state index in [0.717, 1.165) is 6.92 Å². The number of carbonyl (C=O) groups excluding carboxylic acids is 2. The molecule has 28 heavy (non-hydrogen) atoms. The normalized spacial score (nSPS) is 17.9. The highest BCUT2D eigenvalue weighted by Crippen LogP contribution is 2.22. The van der Waals surface area contributed by atoms with Gasteiger partial charge in [0.25, 0.3) is 5.91 Å². The first-order chi connectivity index (χ1) is 13.4. The number of amides is 1. The minimum atomic E-state index is -1.74. The number of carbonyl (C=O) groups is 3. The summed E-state index contributed by atoms with van der Waals surface area (Å²) in [6.45, 7) is 1.31. The Bertz CT molecular complexity index is 897. The van der Waals surface area contributed by atoms with Crippen LogP contribution in [-0.2, 0) is 23.9 Å². The molecule has 1 aliphatic heterocycles. The minimum absolute atomic E-state index is 0.0669. The van der Waals surface area contributed by atoms with Crippen LogP contribution in [0.3, 0.4) is 0 Å². The van der Waals surface area contributed by atoms with Gasteiger partial charge in [-0.15, -0.1) is 5.10 Å². The Kier molecular flexibility index (Phi) is 5.54. The van der Waals surface area contributed by atoms with Crippen LogP contribution < -0.4 is 9.64 Å². The number of pyridine rings is 1. The number of esters is 1. The van der Waals surface area contributed by atoms with Crippen LogP contribution in [0.25, 0.3) is 5.69 Å². The molecule has 2 aromatic heterocycles. The molecule has 3 rings (SSSR count). The van der Waals surface area contributed by atoms with Crippen LogP contribution in [0.2, 0.25) is 0 Å². The van der Waals surface area contributed by atoms with Gasteiger partial charge in [-0.3, -0.25) is 14.5 Å². The van der Waals surface area contributed by atoms with E-state index in [0.29, 0.717) is 17.4 Å². The van der Waals surface area contributed by atoms with Gasteiger partial charge in [0.05, 0.1) is 25.9 Å². The molecule has 0 aromatic carbocycles. The molecule has 0 radical (unpaired) electrons. The number of anilines is 1. The molecule has 1 fully saturated rings. The highest BCUT2D eigenvalue weighted by atomic mass is 16.6.